The van der Waals surface area contributed by atoms with Gasteiger partial charge in [0.2, 0.25) is 0 Å². The first kappa shape index (κ1) is 21.2. The first-order chi connectivity index (χ1) is 13.3. The third-order valence-electron chi connectivity index (χ3n) is 10.8. The van der Waals surface area contributed by atoms with Gasteiger partial charge in [0.15, 0.2) is 0 Å². The lowest BCUT2D eigenvalue weighted by atomic mass is 9.44. The summed E-state index contributed by atoms with van der Waals surface area (Å²) in [7, 11) is 0. The second-order valence-corrected chi connectivity index (χ2v) is 12.6. The number of aliphatic hydroxyl groups is 1. The van der Waals surface area contributed by atoms with Crippen LogP contribution in [0.3, 0.4) is 0 Å². The smallest absolute Gasteiger partial charge is 0.0573 e. The average Bonchev–Trinajstić information content (AvgIpc) is 2.98. The summed E-state index contributed by atoms with van der Waals surface area (Å²) < 4.78 is 0. The lowest BCUT2D eigenvalue weighted by molar-refractivity contribution is -0.145. The number of hydrogen-bond acceptors (Lipinski definition) is 1. The van der Waals surface area contributed by atoms with Gasteiger partial charge in [-0.3, -0.25) is 0 Å². The van der Waals surface area contributed by atoms with Crippen LogP contribution in [0.4, 0.5) is 0 Å². The van der Waals surface area contributed by atoms with Crippen LogP contribution in [-0.2, 0) is 0 Å². The largest absolute Gasteiger partial charge is 0.393 e. The highest BCUT2D eigenvalue weighted by atomic mass is 16.3. The van der Waals surface area contributed by atoms with Gasteiger partial charge in [-0.2, -0.15) is 0 Å². The highest BCUT2D eigenvalue weighted by Gasteiger charge is 2.61. The van der Waals surface area contributed by atoms with Crippen LogP contribution in [0.15, 0.2) is 0 Å². The van der Waals surface area contributed by atoms with Gasteiger partial charge < -0.3 is 5.11 Å². The van der Waals surface area contributed by atoms with Gasteiger partial charge in [-0.05, 0) is 104 Å². The van der Waals surface area contributed by atoms with Crippen LogP contribution in [0.1, 0.15) is 112 Å². The zero-order valence-electron chi connectivity index (χ0n) is 19.6. The molecule has 1 heteroatoms. The quantitative estimate of drug-likeness (QED) is 0.518. The van der Waals surface area contributed by atoms with Crippen molar-refractivity contribution < 1.29 is 5.11 Å². The number of hydrogen-bond donors (Lipinski definition) is 1. The summed E-state index contributed by atoms with van der Waals surface area (Å²) in [5.74, 6) is 6.16. The van der Waals surface area contributed by atoms with Gasteiger partial charge >= 0.3 is 0 Å². The van der Waals surface area contributed by atoms with E-state index in [1.54, 1.807) is 0 Å². The number of rotatable bonds is 5. The van der Waals surface area contributed by atoms with Crippen LogP contribution in [0.5, 0.6) is 0 Å². The Kier molecular flexibility index (Phi) is 5.98. The molecule has 0 aromatic rings. The molecule has 0 amide bonds. The van der Waals surface area contributed by atoms with Gasteiger partial charge in [0.05, 0.1) is 6.10 Å². The van der Waals surface area contributed by atoms with Gasteiger partial charge in [-0.25, -0.2) is 0 Å². The first-order valence-electron chi connectivity index (χ1n) is 13.0. The minimum atomic E-state index is -0.00897. The highest BCUT2D eigenvalue weighted by Crippen LogP contribution is 2.68. The summed E-state index contributed by atoms with van der Waals surface area (Å²) in [4.78, 5) is 0. The highest BCUT2D eigenvalue weighted by molar-refractivity contribution is 5.10. The van der Waals surface area contributed by atoms with Crippen LogP contribution >= 0.6 is 0 Å². The molecule has 0 spiro atoms. The van der Waals surface area contributed by atoms with Gasteiger partial charge in [-0.1, -0.05) is 60.3 Å². The Morgan fingerprint density at radius 3 is 2.25 bits per heavy atom. The van der Waals surface area contributed by atoms with Crippen molar-refractivity contribution in [1.29, 1.82) is 0 Å². The molecule has 0 aliphatic heterocycles. The molecule has 0 aromatic carbocycles. The van der Waals surface area contributed by atoms with Crippen LogP contribution in [0.25, 0.3) is 0 Å². The maximum absolute atomic E-state index is 10.7. The predicted octanol–water partition coefficient (Wildman–Crippen LogP) is 7.47. The summed E-state index contributed by atoms with van der Waals surface area (Å²) in [6, 6.07) is 0. The van der Waals surface area contributed by atoms with E-state index in [0.717, 1.165) is 41.9 Å². The van der Waals surface area contributed by atoms with E-state index in [2.05, 4.69) is 34.6 Å². The lowest BCUT2D eigenvalue weighted by Gasteiger charge is -2.61. The Bertz CT molecular complexity index is 540. The maximum Gasteiger partial charge on any atom is 0.0573 e. The molecule has 4 rings (SSSR count). The topological polar surface area (TPSA) is 20.2 Å². The van der Waals surface area contributed by atoms with Crippen LogP contribution < -0.4 is 0 Å². The van der Waals surface area contributed by atoms with Crippen molar-refractivity contribution in [3.8, 4) is 0 Å². The van der Waals surface area contributed by atoms with E-state index in [-0.39, 0.29) is 6.10 Å². The number of aliphatic hydroxyl groups excluding tert-OH is 1. The van der Waals surface area contributed by atoms with Gasteiger partial charge in [0.1, 0.15) is 0 Å². The summed E-state index contributed by atoms with van der Waals surface area (Å²) in [5, 5.41) is 10.7. The van der Waals surface area contributed by atoms with E-state index in [1.807, 2.05) is 0 Å². The van der Waals surface area contributed by atoms with E-state index in [0.29, 0.717) is 16.7 Å². The fraction of sp³-hybridized carbons (Fsp3) is 1.00. The normalized spacial score (nSPS) is 49.4. The van der Waals surface area contributed by atoms with E-state index in [9.17, 15) is 5.11 Å². The van der Waals surface area contributed by atoms with Crippen molar-refractivity contribution >= 4 is 0 Å². The zero-order chi connectivity index (χ0) is 20.1. The van der Waals surface area contributed by atoms with Crippen LogP contribution in [-0.4, -0.2) is 11.2 Å². The van der Waals surface area contributed by atoms with Crippen LogP contribution in [0.2, 0.25) is 0 Å². The molecule has 1 N–H and O–H groups in total. The van der Waals surface area contributed by atoms with Gasteiger partial charge in [0.25, 0.3) is 0 Å². The molecule has 0 heterocycles. The molecule has 4 aliphatic carbocycles. The van der Waals surface area contributed by atoms with Gasteiger partial charge in [-0.15, -0.1) is 0 Å². The molecular formula is C27H48O. The Balaban J connectivity index is 1.47. The molecule has 1 nitrogen and oxygen atoms in total. The Hall–Kier alpha value is -0.0400. The van der Waals surface area contributed by atoms with E-state index < -0.39 is 0 Å². The molecule has 0 radical (unpaired) electrons. The molecule has 28 heavy (non-hydrogen) atoms. The maximum atomic E-state index is 10.7. The lowest BCUT2D eigenvalue weighted by Crippen LogP contribution is -2.55. The van der Waals surface area contributed by atoms with Crippen LogP contribution in [0, 0.1) is 52.3 Å². The molecule has 5 unspecified atom stereocenters. The fourth-order valence-electron chi connectivity index (χ4n) is 9.41. The molecule has 4 saturated carbocycles. The fourth-order valence-corrected chi connectivity index (χ4v) is 9.41. The third kappa shape index (κ3) is 3.40. The Labute approximate surface area is 175 Å². The van der Waals surface area contributed by atoms with E-state index >= 15 is 0 Å². The molecule has 0 aromatic heterocycles. The summed E-state index contributed by atoms with van der Waals surface area (Å²) in [6.45, 7) is 12.6. The molecule has 0 saturated heterocycles. The average molecular weight is 389 g/mol. The van der Waals surface area contributed by atoms with Crippen molar-refractivity contribution in [3.05, 3.63) is 0 Å². The van der Waals surface area contributed by atoms with Crippen molar-refractivity contribution in [3.63, 3.8) is 0 Å². The monoisotopic (exact) mass is 388 g/mol. The Morgan fingerprint density at radius 1 is 0.786 bits per heavy atom. The summed E-state index contributed by atoms with van der Waals surface area (Å²) in [6.07, 6.45) is 16.6. The van der Waals surface area contributed by atoms with Crippen molar-refractivity contribution in [1.82, 2.24) is 0 Å². The SMILES string of the molecule is CC(C)CCC[C@@H](C)[C@H]1CCC2C3CCC4C(O)CCC[C@]4(C)C3CC[C@@]21C. The minimum absolute atomic E-state index is 0.00897. The van der Waals surface area contributed by atoms with E-state index in [4.69, 9.17) is 0 Å². The van der Waals surface area contributed by atoms with E-state index in [1.165, 1.54) is 70.6 Å². The second kappa shape index (κ2) is 7.90. The summed E-state index contributed by atoms with van der Waals surface area (Å²) >= 11 is 0. The molecule has 0 bridgehead atoms. The van der Waals surface area contributed by atoms with Gasteiger partial charge in [0, 0.05) is 0 Å². The second-order valence-electron chi connectivity index (χ2n) is 12.6. The standard InChI is InChI=1S/C27H48O/c1-18(2)8-6-9-19(3)21-13-14-22-20-11-12-24-25(28)10-7-16-26(24,4)23(20)15-17-27(21,22)5/h18-25,28H,6-17H2,1-5H3/t19-,20?,21-,22?,23?,24?,25?,26-,27-/m1/s1. The molecular weight excluding hydrogens is 340 g/mol. The number of fused-ring (bicyclic) bond motifs is 5. The van der Waals surface area contributed by atoms with Crippen molar-refractivity contribution in [2.24, 2.45) is 52.3 Å². The predicted molar refractivity (Wildman–Crippen MR) is 119 cm³/mol. The molecule has 4 fully saturated rings. The minimum Gasteiger partial charge on any atom is -0.393 e. The third-order valence-corrected chi connectivity index (χ3v) is 10.8. The molecule has 162 valence electrons. The van der Waals surface area contributed by atoms with Crippen molar-refractivity contribution in [2.75, 3.05) is 0 Å². The summed E-state index contributed by atoms with van der Waals surface area (Å²) in [5.41, 5.74) is 1.04. The van der Waals surface area contributed by atoms with Crippen molar-refractivity contribution in [2.45, 2.75) is 118 Å². The first-order valence-corrected chi connectivity index (χ1v) is 13.0. The Morgan fingerprint density at radius 2 is 1.50 bits per heavy atom. The molecule has 9 atom stereocenters. The zero-order valence-corrected chi connectivity index (χ0v) is 19.6. The molecule has 4 aliphatic rings.